The zero-order valence-corrected chi connectivity index (χ0v) is 13.6. The Hall–Kier alpha value is -2.86. The third kappa shape index (κ3) is 4.33. The van der Waals surface area contributed by atoms with E-state index in [1.54, 1.807) is 12.1 Å². The summed E-state index contributed by atoms with van der Waals surface area (Å²) < 4.78 is 26.3. The summed E-state index contributed by atoms with van der Waals surface area (Å²) in [5.41, 5.74) is 1.08. The van der Waals surface area contributed by atoms with Gasteiger partial charge in [0.25, 0.3) is 10.0 Å². The summed E-state index contributed by atoms with van der Waals surface area (Å²) in [6, 6.07) is 14.5. The molecule has 0 aliphatic heterocycles. The van der Waals surface area contributed by atoms with Gasteiger partial charge in [-0.3, -0.25) is 4.31 Å². The molecule has 0 spiro atoms. The van der Waals surface area contributed by atoms with Crippen LogP contribution in [0.4, 0.5) is 5.69 Å². The van der Waals surface area contributed by atoms with E-state index < -0.39 is 16.0 Å². The maximum Gasteiger partial charge on any atom is 0.257 e. The van der Waals surface area contributed by atoms with E-state index in [1.165, 1.54) is 36.4 Å². The zero-order valence-electron chi connectivity index (χ0n) is 12.8. The molecule has 0 atom stereocenters. The quantitative estimate of drug-likeness (QED) is 0.722. The van der Waals surface area contributed by atoms with Gasteiger partial charge in [0, 0.05) is 0 Å². The van der Waals surface area contributed by atoms with Gasteiger partial charge in [0.05, 0.1) is 23.6 Å². The van der Waals surface area contributed by atoms with E-state index >= 15 is 0 Å². The monoisotopic (exact) mass is 342 g/mol. The summed E-state index contributed by atoms with van der Waals surface area (Å²) in [5.74, 6) is -1.32. The Bertz CT molecular complexity index is 840. The molecule has 24 heavy (non-hydrogen) atoms. The van der Waals surface area contributed by atoms with Crippen LogP contribution in [0.1, 0.15) is 15.9 Å². The number of carboxylic acids is 1. The number of hydrogen-bond acceptors (Lipinski definition) is 4. The molecule has 0 N–H and O–H groups in total. The van der Waals surface area contributed by atoms with E-state index in [4.69, 9.17) is 0 Å². The predicted molar refractivity (Wildman–Crippen MR) is 92.7 cm³/mol. The van der Waals surface area contributed by atoms with E-state index in [-0.39, 0.29) is 12.1 Å². The first kappa shape index (κ1) is 17.5. The minimum absolute atomic E-state index is 0.0190. The SMILES string of the molecule is C=CCN(c1ccc(C(=O)[O-])cc1)S(=O)(=O)/C=C/c1ccccc1. The first-order valence-corrected chi connectivity index (χ1v) is 8.62. The molecular weight excluding hydrogens is 326 g/mol. The molecule has 2 aromatic rings. The third-order valence-corrected chi connectivity index (χ3v) is 4.68. The van der Waals surface area contributed by atoms with Gasteiger partial charge in [-0.15, -0.1) is 6.58 Å². The second kappa shape index (κ2) is 7.61. The van der Waals surface area contributed by atoms with E-state index in [1.807, 2.05) is 18.2 Å². The van der Waals surface area contributed by atoms with E-state index in [0.717, 1.165) is 15.3 Å². The first-order valence-electron chi connectivity index (χ1n) is 7.12. The van der Waals surface area contributed by atoms with Crippen molar-refractivity contribution in [3.8, 4) is 0 Å². The highest BCUT2D eigenvalue weighted by atomic mass is 32.2. The van der Waals surface area contributed by atoms with Gasteiger partial charge < -0.3 is 9.90 Å². The van der Waals surface area contributed by atoms with Crippen molar-refractivity contribution in [1.29, 1.82) is 0 Å². The largest absolute Gasteiger partial charge is 0.545 e. The van der Waals surface area contributed by atoms with E-state index in [2.05, 4.69) is 6.58 Å². The van der Waals surface area contributed by atoms with Crippen LogP contribution in [0.25, 0.3) is 6.08 Å². The van der Waals surface area contributed by atoms with Gasteiger partial charge in [-0.1, -0.05) is 48.5 Å². The lowest BCUT2D eigenvalue weighted by atomic mass is 10.2. The molecule has 0 heterocycles. The van der Waals surface area contributed by atoms with Crippen molar-refractivity contribution in [3.63, 3.8) is 0 Å². The molecule has 0 aromatic heterocycles. The van der Waals surface area contributed by atoms with E-state index in [0.29, 0.717) is 5.69 Å². The molecule has 0 radical (unpaired) electrons. The van der Waals surface area contributed by atoms with Gasteiger partial charge >= 0.3 is 0 Å². The van der Waals surface area contributed by atoms with Crippen molar-refractivity contribution in [3.05, 3.63) is 83.8 Å². The van der Waals surface area contributed by atoms with Gasteiger partial charge in [0.1, 0.15) is 0 Å². The van der Waals surface area contributed by atoms with Crippen LogP contribution < -0.4 is 9.41 Å². The third-order valence-electron chi connectivity index (χ3n) is 3.23. The molecule has 0 bridgehead atoms. The molecule has 0 unspecified atom stereocenters. The van der Waals surface area contributed by atoms with Gasteiger partial charge in [0.2, 0.25) is 0 Å². The highest BCUT2D eigenvalue weighted by Gasteiger charge is 2.18. The smallest absolute Gasteiger partial charge is 0.257 e. The summed E-state index contributed by atoms with van der Waals surface area (Å²) in [4.78, 5) is 10.8. The number of aromatic carboxylic acids is 1. The van der Waals surface area contributed by atoms with Crippen molar-refractivity contribution in [2.45, 2.75) is 0 Å². The normalized spacial score (nSPS) is 11.3. The fraction of sp³-hybridized carbons (Fsp3) is 0.0556. The minimum atomic E-state index is -3.75. The summed E-state index contributed by atoms with van der Waals surface area (Å²) in [7, 11) is -3.75. The number of sulfonamides is 1. The molecule has 2 aromatic carbocycles. The highest BCUT2D eigenvalue weighted by molar-refractivity contribution is 7.95. The Balaban J connectivity index is 2.33. The number of carboxylic acid groups (broad SMARTS) is 1. The number of nitrogens with zero attached hydrogens (tertiary/aromatic N) is 1. The first-order chi connectivity index (χ1) is 11.4. The van der Waals surface area contributed by atoms with Crippen LogP contribution >= 0.6 is 0 Å². The second-order valence-electron chi connectivity index (χ2n) is 4.91. The average Bonchev–Trinajstić information content (AvgIpc) is 2.59. The summed E-state index contributed by atoms with van der Waals surface area (Å²) in [5, 5.41) is 11.9. The van der Waals surface area contributed by atoms with Crippen LogP contribution in [0.2, 0.25) is 0 Å². The van der Waals surface area contributed by atoms with Crippen LogP contribution in [0.3, 0.4) is 0 Å². The zero-order chi connectivity index (χ0) is 17.6. The number of rotatable bonds is 7. The molecule has 2 rings (SSSR count). The highest BCUT2D eigenvalue weighted by Crippen LogP contribution is 2.20. The molecule has 0 amide bonds. The number of benzene rings is 2. The minimum Gasteiger partial charge on any atom is -0.545 e. The van der Waals surface area contributed by atoms with Crippen LogP contribution in [0.15, 0.2) is 72.7 Å². The number of carbonyl (C=O) groups excluding carboxylic acids is 1. The van der Waals surface area contributed by atoms with Gasteiger partial charge in [-0.25, -0.2) is 8.42 Å². The molecular formula is C18H16NO4S-. The fourth-order valence-corrected chi connectivity index (χ4v) is 3.24. The van der Waals surface area contributed by atoms with Crippen LogP contribution in [0.5, 0.6) is 0 Å². The molecule has 0 saturated carbocycles. The summed E-state index contributed by atoms with van der Waals surface area (Å²) >= 11 is 0. The fourth-order valence-electron chi connectivity index (χ4n) is 2.04. The molecule has 6 heteroatoms. The van der Waals surface area contributed by atoms with Crippen LogP contribution in [-0.4, -0.2) is 20.9 Å². The molecule has 124 valence electrons. The molecule has 0 saturated heterocycles. The van der Waals surface area contributed by atoms with Crippen molar-refractivity contribution in [2.24, 2.45) is 0 Å². The molecule has 0 aliphatic carbocycles. The van der Waals surface area contributed by atoms with Gasteiger partial charge in [0.15, 0.2) is 0 Å². The van der Waals surface area contributed by atoms with Crippen LogP contribution in [0, 0.1) is 0 Å². The van der Waals surface area contributed by atoms with Crippen LogP contribution in [-0.2, 0) is 10.0 Å². The Morgan fingerprint density at radius 3 is 2.25 bits per heavy atom. The van der Waals surface area contributed by atoms with E-state index in [9.17, 15) is 18.3 Å². The lowest BCUT2D eigenvalue weighted by Gasteiger charge is -2.21. The molecule has 0 fully saturated rings. The maximum atomic E-state index is 12.6. The van der Waals surface area contributed by atoms with Gasteiger partial charge in [-0.05, 0) is 29.3 Å². The maximum absolute atomic E-state index is 12.6. The number of carbonyl (C=O) groups is 1. The second-order valence-corrected chi connectivity index (χ2v) is 6.66. The Labute approximate surface area is 141 Å². The number of hydrogen-bond donors (Lipinski definition) is 0. The summed E-state index contributed by atoms with van der Waals surface area (Å²) in [6.07, 6.45) is 2.96. The topological polar surface area (TPSA) is 77.5 Å². The van der Waals surface area contributed by atoms with Gasteiger partial charge in [-0.2, -0.15) is 0 Å². The lowest BCUT2D eigenvalue weighted by Crippen LogP contribution is -2.29. The number of anilines is 1. The Kier molecular flexibility index (Phi) is 5.55. The standard InChI is InChI=1S/C18H17NO4S/c1-2-13-19(17-10-8-16(9-11-17)18(20)21)24(22,23)14-12-15-6-4-3-5-7-15/h2-12,14H,1,13H2,(H,20,21)/p-1/b14-12+. The Morgan fingerprint density at radius 2 is 1.71 bits per heavy atom. The molecule has 5 nitrogen and oxygen atoms in total. The summed E-state index contributed by atoms with van der Waals surface area (Å²) in [6.45, 7) is 3.63. The molecule has 0 aliphatic rings. The van der Waals surface area contributed by atoms with Crippen molar-refractivity contribution in [2.75, 3.05) is 10.8 Å². The van der Waals surface area contributed by atoms with Crippen molar-refractivity contribution < 1.29 is 18.3 Å². The lowest BCUT2D eigenvalue weighted by molar-refractivity contribution is -0.255. The Morgan fingerprint density at radius 1 is 1.08 bits per heavy atom. The average molecular weight is 342 g/mol. The predicted octanol–water partition coefficient (Wildman–Crippen LogP) is 2.04. The van der Waals surface area contributed by atoms with Crippen molar-refractivity contribution in [1.82, 2.24) is 0 Å². The van der Waals surface area contributed by atoms with Crippen molar-refractivity contribution >= 4 is 27.8 Å².